The largest absolute Gasteiger partial charge is 0.509 e. The second kappa shape index (κ2) is 4.33. The van der Waals surface area contributed by atoms with E-state index in [9.17, 15) is 4.79 Å². The van der Waals surface area contributed by atoms with Gasteiger partial charge >= 0.3 is 6.16 Å². The average Bonchev–Trinajstić information content (AvgIpc) is 1.82. The van der Waals surface area contributed by atoms with Gasteiger partial charge in [0.15, 0.2) is 0 Å². The van der Waals surface area contributed by atoms with Crippen LogP contribution in [0.25, 0.3) is 0 Å². The second-order valence-electron chi connectivity index (χ2n) is 3.80. The van der Waals surface area contributed by atoms with E-state index in [0.29, 0.717) is 0 Å². The maximum atomic E-state index is 11.0. The number of carbonyl (C=O) groups excluding carboxylic acids is 1. The summed E-state index contributed by atoms with van der Waals surface area (Å²) in [5, 5.41) is 0. The van der Waals surface area contributed by atoms with Crippen molar-refractivity contribution in [1.82, 2.24) is 0 Å². The first-order valence-corrected chi connectivity index (χ1v) is 4.24. The molecule has 0 bridgehead atoms. The Morgan fingerprint density at radius 3 is 2.25 bits per heavy atom. The van der Waals surface area contributed by atoms with Gasteiger partial charge in [-0.05, 0) is 34.1 Å². The van der Waals surface area contributed by atoms with E-state index < -0.39 is 11.8 Å². The Hall–Kier alpha value is -0.730. The van der Waals surface area contributed by atoms with Crippen molar-refractivity contribution < 1.29 is 14.3 Å². The summed E-state index contributed by atoms with van der Waals surface area (Å²) in [4.78, 5) is 11.0. The van der Waals surface area contributed by atoms with Gasteiger partial charge in [-0.25, -0.2) is 4.79 Å². The summed E-state index contributed by atoms with van der Waals surface area (Å²) in [7, 11) is 0. The molecular formula is C9H18O3. The van der Waals surface area contributed by atoms with Gasteiger partial charge in [-0.1, -0.05) is 6.92 Å². The van der Waals surface area contributed by atoms with Crippen molar-refractivity contribution >= 4 is 6.16 Å². The van der Waals surface area contributed by atoms with E-state index in [1.807, 2.05) is 34.6 Å². The highest BCUT2D eigenvalue weighted by Gasteiger charge is 2.18. The molecule has 0 rings (SSSR count). The highest BCUT2D eigenvalue weighted by Crippen LogP contribution is 2.09. The molecule has 0 amide bonds. The summed E-state index contributed by atoms with van der Waals surface area (Å²) in [5.41, 5.74) is -0.468. The van der Waals surface area contributed by atoms with Crippen LogP contribution in [0.4, 0.5) is 4.79 Å². The quantitative estimate of drug-likeness (QED) is 0.604. The van der Waals surface area contributed by atoms with E-state index in [-0.39, 0.29) is 6.10 Å². The van der Waals surface area contributed by atoms with Crippen LogP contribution in [0.1, 0.15) is 41.0 Å². The van der Waals surface area contributed by atoms with Crippen LogP contribution in [-0.2, 0) is 9.47 Å². The molecule has 0 saturated carbocycles. The average molecular weight is 174 g/mol. The first-order chi connectivity index (χ1) is 5.35. The van der Waals surface area contributed by atoms with Gasteiger partial charge in [0.25, 0.3) is 0 Å². The van der Waals surface area contributed by atoms with Crippen molar-refractivity contribution in [3.05, 3.63) is 0 Å². The van der Waals surface area contributed by atoms with Gasteiger partial charge in [-0.2, -0.15) is 0 Å². The van der Waals surface area contributed by atoms with Crippen LogP contribution in [0.3, 0.4) is 0 Å². The summed E-state index contributed by atoms with van der Waals surface area (Å²) in [6, 6.07) is 0. The van der Waals surface area contributed by atoms with Crippen LogP contribution in [0.2, 0.25) is 0 Å². The summed E-state index contributed by atoms with van der Waals surface area (Å²) >= 11 is 0. The lowest BCUT2D eigenvalue weighted by Crippen LogP contribution is -2.26. The Kier molecular flexibility index (Phi) is 4.07. The maximum Gasteiger partial charge on any atom is 0.509 e. The third-order valence-electron chi connectivity index (χ3n) is 1.26. The Bertz CT molecular complexity index is 146. The van der Waals surface area contributed by atoms with Crippen molar-refractivity contribution in [2.75, 3.05) is 0 Å². The molecule has 0 aromatic carbocycles. The minimum Gasteiger partial charge on any atom is -0.431 e. The van der Waals surface area contributed by atoms with Gasteiger partial charge in [-0.15, -0.1) is 0 Å². The minimum absolute atomic E-state index is 0.0696. The monoisotopic (exact) mass is 174 g/mol. The molecule has 0 fully saturated rings. The summed E-state index contributed by atoms with van der Waals surface area (Å²) < 4.78 is 9.86. The first kappa shape index (κ1) is 11.3. The fourth-order valence-corrected chi connectivity index (χ4v) is 0.522. The van der Waals surface area contributed by atoms with Crippen molar-refractivity contribution in [3.63, 3.8) is 0 Å². The van der Waals surface area contributed by atoms with Crippen molar-refractivity contribution in [2.24, 2.45) is 0 Å². The van der Waals surface area contributed by atoms with Crippen LogP contribution in [0.5, 0.6) is 0 Å². The molecule has 3 heteroatoms. The fourth-order valence-electron chi connectivity index (χ4n) is 0.522. The molecule has 3 nitrogen and oxygen atoms in total. The molecular weight excluding hydrogens is 156 g/mol. The van der Waals surface area contributed by atoms with Crippen LogP contribution in [0, 0.1) is 0 Å². The van der Waals surface area contributed by atoms with E-state index in [2.05, 4.69) is 0 Å². The van der Waals surface area contributed by atoms with Crippen LogP contribution < -0.4 is 0 Å². The third-order valence-corrected chi connectivity index (χ3v) is 1.26. The smallest absolute Gasteiger partial charge is 0.431 e. The normalized spacial score (nSPS) is 13.8. The lowest BCUT2D eigenvalue weighted by atomic mass is 10.2. The Morgan fingerprint density at radius 2 is 1.92 bits per heavy atom. The lowest BCUT2D eigenvalue weighted by Gasteiger charge is -2.20. The molecule has 12 heavy (non-hydrogen) atoms. The number of carbonyl (C=O) groups is 1. The zero-order valence-electron chi connectivity index (χ0n) is 8.51. The first-order valence-electron chi connectivity index (χ1n) is 4.24. The van der Waals surface area contributed by atoms with Crippen molar-refractivity contribution in [3.8, 4) is 0 Å². The predicted molar refractivity (Wildman–Crippen MR) is 47.1 cm³/mol. The van der Waals surface area contributed by atoms with Crippen molar-refractivity contribution in [1.29, 1.82) is 0 Å². The van der Waals surface area contributed by atoms with Gasteiger partial charge in [0.05, 0.1) is 0 Å². The maximum absolute atomic E-state index is 11.0. The van der Waals surface area contributed by atoms with Gasteiger partial charge in [0.1, 0.15) is 11.7 Å². The molecule has 0 unspecified atom stereocenters. The summed E-state index contributed by atoms with van der Waals surface area (Å²) in [6.07, 6.45) is 0.149. The molecule has 0 aromatic heterocycles. The van der Waals surface area contributed by atoms with Gasteiger partial charge in [0, 0.05) is 0 Å². The number of hydrogen-bond acceptors (Lipinski definition) is 3. The van der Waals surface area contributed by atoms with Gasteiger partial charge in [0.2, 0.25) is 0 Å². The zero-order chi connectivity index (χ0) is 9.78. The van der Waals surface area contributed by atoms with E-state index in [1.54, 1.807) is 0 Å². The molecule has 1 atom stereocenters. The van der Waals surface area contributed by atoms with Gasteiger partial charge < -0.3 is 9.47 Å². The predicted octanol–water partition coefficient (Wildman–Crippen LogP) is 2.74. The standard InChI is InChI=1S/C9H18O3/c1-6-7(2)11-8(10)12-9(3,4)5/h7H,6H2,1-5H3/t7-/m1/s1. The fraction of sp³-hybridized carbons (Fsp3) is 0.889. The lowest BCUT2D eigenvalue weighted by molar-refractivity contribution is -0.0237. The number of hydrogen-bond donors (Lipinski definition) is 0. The minimum atomic E-state index is -0.586. The molecule has 0 aliphatic carbocycles. The molecule has 0 radical (unpaired) electrons. The Morgan fingerprint density at radius 1 is 1.42 bits per heavy atom. The van der Waals surface area contributed by atoms with Gasteiger partial charge in [-0.3, -0.25) is 0 Å². The van der Waals surface area contributed by atoms with Crippen molar-refractivity contribution in [2.45, 2.75) is 52.7 Å². The number of rotatable bonds is 2. The Labute approximate surface area is 74.0 Å². The molecule has 0 aliphatic heterocycles. The van der Waals surface area contributed by atoms with Crippen LogP contribution in [-0.4, -0.2) is 17.9 Å². The number of ether oxygens (including phenoxy) is 2. The van der Waals surface area contributed by atoms with Crippen LogP contribution >= 0.6 is 0 Å². The second-order valence-corrected chi connectivity index (χ2v) is 3.80. The molecule has 0 aliphatic rings. The summed E-state index contributed by atoms with van der Waals surface area (Å²) in [5.74, 6) is 0. The molecule has 0 spiro atoms. The van der Waals surface area contributed by atoms with Crippen LogP contribution in [0.15, 0.2) is 0 Å². The third kappa shape index (κ3) is 6.01. The van der Waals surface area contributed by atoms with E-state index in [4.69, 9.17) is 9.47 Å². The Balaban J connectivity index is 3.75. The topological polar surface area (TPSA) is 35.5 Å². The SMILES string of the molecule is CC[C@@H](C)OC(=O)OC(C)(C)C. The highest BCUT2D eigenvalue weighted by molar-refractivity contribution is 5.60. The molecule has 0 aromatic rings. The molecule has 0 heterocycles. The van der Waals surface area contributed by atoms with E-state index in [0.717, 1.165) is 6.42 Å². The van der Waals surface area contributed by atoms with E-state index in [1.165, 1.54) is 0 Å². The molecule has 0 N–H and O–H groups in total. The highest BCUT2D eigenvalue weighted by atomic mass is 16.7. The molecule has 72 valence electrons. The summed E-state index contributed by atoms with van der Waals surface area (Å²) in [6.45, 7) is 9.22. The molecule has 0 saturated heterocycles. The zero-order valence-corrected chi connectivity index (χ0v) is 8.51. The van der Waals surface area contributed by atoms with E-state index >= 15 is 0 Å².